The normalized spacial score (nSPS) is 18.4. The van der Waals surface area contributed by atoms with Gasteiger partial charge in [0.15, 0.2) is 0 Å². The number of hydrogen-bond donors (Lipinski definition) is 2. The standard InChI is InChI=1S/C22H29N2O2PS/c1-15-8-10-19-16(12-15)9-11-20(19)24-21(25)17-6-5-7-18(13-17)28(4,26)23-14-22(2,3)27/h5-8,10,12-13,20H,4,9,11,14,27H2,1-3H3,(H,23,26)(H,24,25)/t20-,28?/m1/s1. The van der Waals surface area contributed by atoms with E-state index in [9.17, 15) is 9.00 Å². The molecule has 3 rings (SSSR count). The molecular formula is C22H29N2O2PS. The van der Waals surface area contributed by atoms with Crippen LogP contribution in [0.15, 0.2) is 47.4 Å². The van der Waals surface area contributed by atoms with Crippen LogP contribution in [0.3, 0.4) is 0 Å². The molecule has 1 aliphatic rings. The van der Waals surface area contributed by atoms with Crippen LogP contribution in [0.4, 0.5) is 0 Å². The van der Waals surface area contributed by atoms with Crippen molar-refractivity contribution in [3.63, 3.8) is 0 Å². The summed E-state index contributed by atoms with van der Waals surface area (Å²) in [5.74, 6) is 3.71. The van der Waals surface area contributed by atoms with E-state index < -0.39 is 9.71 Å². The summed E-state index contributed by atoms with van der Waals surface area (Å²) in [7, 11) is 0.0444. The quantitative estimate of drug-likeness (QED) is 0.558. The van der Waals surface area contributed by atoms with E-state index in [1.54, 1.807) is 24.3 Å². The van der Waals surface area contributed by atoms with Crippen LogP contribution in [-0.2, 0) is 16.1 Å². The zero-order valence-corrected chi connectivity index (χ0v) is 18.7. The second-order valence-corrected chi connectivity index (χ2v) is 12.0. The number of nitrogens with one attached hydrogen (secondary N) is 2. The third kappa shape index (κ3) is 5.02. The highest BCUT2D eigenvalue weighted by molar-refractivity contribution is 7.98. The second kappa shape index (κ2) is 7.98. The molecule has 0 fully saturated rings. The summed E-state index contributed by atoms with van der Waals surface area (Å²) in [5, 5.41) is 3.04. The number of amides is 1. The van der Waals surface area contributed by atoms with Crippen LogP contribution >= 0.6 is 9.24 Å². The molecule has 28 heavy (non-hydrogen) atoms. The van der Waals surface area contributed by atoms with Crippen molar-refractivity contribution >= 4 is 30.7 Å². The average molecular weight is 417 g/mol. The van der Waals surface area contributed by atoms with Gasteiger partial charge in [0, 0.05) is 17.0 Å². The van der Waals surface area contributed by atoms with Crippen molar-refractivity contribution in [3.8, 4) is 0 Å². The summed E-state index contributed by atoms with van der Waals surface area (Å²) < 4.78 is 16.0. The van der Waals surface area contributed by atoms with E-state index in [0.29, 0.717) is 17.0 Å². The molecule has 0 saturated carbocycles. The Labute approximate surface area is 170 Å². The predicted molar refractivity (Wildman–Crippen MR) is 121 cm³/mol. The van der Waals surface area contributed by atoms with Gasteiger partial charge in [-0.3, -0.25) is 4.79 Å². The number of hydrogen-bond acceptors (Lipinski definition) is 2. The molecule has 2 N–H and O–H groups in total. The van der Waals surface area contributed by atoms with Gasteiger partial charge < -0.3 is 5.32 Å². The van der Waals surface area contributed by atoms with Gasteiger partial charge >= 0.3 is 0 Å². The van der Waals surface area contributed by atoms with Gasteiger partial charge in [-0.1, -0.05) is 43.7 Å². The van der Waals surface area contributed by atoms with Gasteiger partial charge in [-0.15, -0.1) is 9.24 Å². The highest BCUT2D eigenvalue weighted by atomic mass is 32.2. The van der Waals surface area contributed by atoms with Crippen molar-refractivity contribution in [2.24, 2.45) is 0 Å². The minimum absolute atomic E-state index is 0.0203. The zero-order chi connectivity index (χ0) is 20.5. The number of aryl methyl sites for hydroxylation is 2. The number of carbonyl (C=O) groups is 1. The number of carbonyl (C=O) groups excluding carboxylic acids is 1. The summed E-state index contributed by atoms with van der Waals surface area (Å²) >= 11 is 0. The Morgan fingerprint density at radius 2 is 2.04 bits per heavy atom. The van der Waals surface area contributed by atoms with Crippen LogP contribution in [0.1, 0.15) is 53.4 Å². The minimum atomic E-state index is -2.67. The van der Waals surface area contributed by atoms with Gasteiger partial charge in [-0.25, -0.2) is 8.93 Å². The predicted octanol–water partition coefficient (Wildman–Crippen LogP) is 3.65. The molecule has 1 amide bonds. The topological polar surface area (TPSA) is 58.2 Å². The van der Waals surface area contributed by atoms with Crippen LogP contribution in [0, 0.1) is 6.92 Å². The molecule has 0 spiro atoms. The van der Waals surface area contributed by atoms with Crippen molar-refractivity contribution in [2.75, 3.05) is 6.54 Å². The summed E-state index contributed by atoms with van der Waals surface area (Å²) in [4.78, 5) is 13.4. The lowest BCUT2D eigenvalue weighted by atomic mass is 10.1. The van der Waals surface area contributed by atoms with Crippen molar-refractivity contribution in [1.29, 1.82) is 0 Å². The molecule has 0 bridgehead atoms. The molecular weight excluding hydrogens is 387 g/mol. The third-order valence-electron chi connectivity index (χ3n) is 4.92. The van der Waals surface area contributed by atoms with Gasteiger partial charge in [0.25, 0.3) is 5.91 Å². The molecule has 0 saturated heterocycles. The lowest BCUT2D eigenvalue weighted by molar-refractivity contribution is 0.0936. The lowest BCUT2D eigenvalue weighted by Crippen LogP contribution is -2.34. The molecule has 0 aliphatic heterocycles. The van der Waals surface area contributed by atoms with Crippen molar-refractivity contribution < 1.29 is 9.00 Å². The fraction of sp³-hybridized carbons (Fsp3) is 0.364. The van der Waals surface area contributed by atoms with Crippen LogP contribution < -0.4 is 10.0 Å². The SMILES string of the molecule is C=S(=O)(NCC(C)(C)P)c1cccc(C(=O)N[C@@H]2CCc3cc(C)ccc32)c1. The minimum Gasteiger partial charge on any atom is -0.345 e. The molecule has 1 aliphatic carbocycles. The zero-order valence-electron chi connectivity index (χ0n) is 16.7. The molecule has 2 aromatic carbocycles. The summed E-state index contributed by atoms with van der Waals surface area (Å²) in [6.45, 7) is 6.69. The van der Waals surface area contributed by atoms with E-state index in [0.717, 1.165) is 12.8 Å². The first-order valence-corrected chi connectivity index (χ1v) is 11.8. The van der Waals surface area contributed by atoms with E-state index >= 15 is 0 Å². The largest absolute Gasteiger partial charge is 0.345 e. The van der Waals surface area contributed by atoms with Crippen molar-refractivity contribution in [1.82, 2.24) is 10.0 Å². The maximum atomic E-state index is 13.0. The second-order valence-electron chi connectivity index (χ2n) is 8.28. The van der Waals surface area contributed by atoms with E-state index in [1.807, 2.05) is 13.8 Å². The third-order valence-corrected chi connectivity index (χ3v) is 6.75. The maximum absolute atomic E-state index is 13.0. The molecule has 0 aromatic heterocycles. The molecule has 2 unspecified atom stereocenters. The van der Waals surface area contributed by atoms with Gasteiger partial charge in [0.2, 0.25) is 0 Å². The Morgan fingerprint density at radius 3 is 2.75 bits per heavy atom. The molecule has 4 nitrogen and oxygen atoms in total. The Balaban J connectivity index is 1.75. The fourth-order valence-corrected chi connectivity index (χ4v) is 5.00. The van der Waals surface area contributed by atoms with Gasteiger partial charge in [-0.2, -0.15) is 0 Å². The number of rotatable bonds is 6. The van der Waals surface area contributed by atoms with Gasteiger partial charge in [0.1, 0.15) is 0 Å². The monoisotopic (exact) mass is 416 g/mol. The highest BCUT2D eigenvalue weighted by Gasteiger charge is 2.24. The maximum Gasteiger partial charge on any atom is 0.251 e. The Hall–Kier alpha value is -1.68. The van der Waals surface area contributed by atoms with E-state index in [-0.39, 0.29) is 17.1 Å². The Bertz CT molecular complexity index is 994. The number of benzene rings is 2. The van der Waals surface area contributed by atoms with Gasteiger partial charge in [-0.05, 0) is 60.1 Å². The van der Waals surface area contributed by atoms with Crippen LogP contribution in [0.25, 0.3) is 0 Å². The highest BCUT2D eigenvalue weighted by Crippen LogP contribution is 2.32. The summed E-state index contributed by atoms with van der Waals surface area (Å²) in [6.07, 6.45) is 1.88. The fourth-order valence-electron chi connectivity index (χ4n) is 3.37. The molecule has 0 heterocycles. The molecule has 2 aromatic rings. The number of fused-ring (bicyclic) bond motifs is 1. The lowest BCUT2D eigenvalue weighted by Gasteiger charge is -2.21. The molecule has 150 valence electrons. The van der Waals surface area contributed by atoms with E-state index in [1.165, 1.54) is 16.7 Å². The van der Waals surface area contributed by atoms with E-state index in [2.05, 4.69) is 50.3 Å². The summed E-state index contributed by atoms with van der Waals surface area (Å²) in [5.41, 5.74) is 4.25. The first kappa shape index (κ1) is 21.0. The van der Waals surface area contributed by atoms with Crippen molar-refractivity contribution in [3.05, 3.63) is 64.7 Å². The van der Waals surface area contributed by atoms with E-state index in [4.69, 9.17) is 0 Å². The molecule has 3 atom stereocenters. The Morgan fingerprint density at radius 1 is 1.29 bits per heavy atom. The smallest absolute Gasteiger partial charge is 0.251 e. The van der Waals surface area contributed by atoms with Crippen molar-refractivity contribution in [2.45, 2.75) is 49.7 Å². The molecule has 6 heteroatoms. The van der Waals surface area contributed by atoms with Crippen LogP contribution in [-0.4, -0.2) is 27.7 Å². The van der Waals surface area contributed by atoms with Crippen LogP contribution in [0.5, 0.6) is 0 Å². The molecule has 0 radical (unpaired) electrons. The van der Waals surface area contributed by atoms with Gasteiger partial charge in [0.05, 0.1) is 15.7 Å². The summed E-state index contributed by atoms with van der Waals surface area (Å²) in [6, 6.07) is 13.3. The average Bonchev–Trinajstić information content (AvgIpc) is 3.01. The van der Waals surface area contributed by atoms with Crippen LogP contribution in [0.2, 0.25) is 0 Å². The first-order chi connectivity index (χ1) is 13.0. The first-order valence-electron chi connectivity index (χ1n) is 9.46. The Kier molecular flexibility index (Phi) is 6.00.